The molecule has 1 aromatic rings. The Balaban J connectivity index is 1.81. The second-order valence-corrected chi connectivity index (χ2v) is 7.68. The SMILES string of the molecule is Cc1nn(C)c(CN2C3CCC2CC(Br)C3)c1Br. The fourth-order valence-corrected chi connectivity index (χ4v) is 4.82. The zero-order chi connectivity index (χ0) is 12.9. The van der Waals surface area contributed by atoms with Crippen molar-refractivity contribution in [2.75, 3.05) is 0 Å². The number of aromatic nitrogens is 2. The lowest BCUT2D eigenvalue weighted by Gasteiger charge is -2.37. The Labute approximate surface area is 125 Å². The number of fused-ring (bicyclic) bond motifs is 2. The van der Waals surface area contributed by atoms with Crippen LogP contribution in [0.1, 0.15) is 37.1 Å². The van der Waals surface area contributed by atoms with Crippen LogP contribution >= 0.6 is 31.9 Å². The van der Waals surface area contributed by atoms with Gasteiger partial charge in [0.1, 0.15) is 0 Å². The standard InChI is InChI=1S/C13H19Br2N3/c1-8-13(15)12(17(2)16-8)7-18-10-3-4-11(18)6-9(14)5-10/h9-11H,3-7H2,1-2H3. The van der Waals surface area contributed by atoms with Gasteiger partial charge in [-0.15, -0.1) is 0 Å². The molecule has 2 bridgehead atoms. The molecule has 0 aromatic carbocycles. The summed E-state index contributed by atoms with van der Waals surface area (Å²) >= 11 is 7.48. The number of aryl methyl sites for hydroxylation is 2. The van der Waals surface area contributed by atoms with Crippen LogP contribution in [0.4, 0.5) is 0 Å². The van der Waals surface area contributed by atoms with Gasteiger partial charge in [-0.05, 0) is 48.5 Å². The first-order valence-corrected chi connectivity index (χ1v) is 8.35. The van der Waals surface area contributed by atoms with Crippen molar-refractivity contribution < 1.29 is 0 Å². The first-order chi connectivity index (χ1) is 8.56. The van der Waals surface area contributed by atoms with Gasteiger partial charge in [-0.25, -0.2) is 0 Å². The summed E-state index contributed by atoms with van der Waals surface area (Å²) in [7, 11) is 2.05. The van der Waals surface area contributed by atoms with Crippen LogP contribution in [0.3, 0.4) is 0 Å². The third-order valence-electron chi connectivity index (χ3n) is 4.42. The summed E-state index contributed by atoms with van der Waals surface area (Å²) in [6.45, 7) is 3.10. The lowest BCUT2D eigenvalue weighted by atomic mass is 10.0. The van der Waals surface area contributed by atoms with Crippen molar-refractivity contribution in [2.45, 2.75) is 56.1 Å². The van der Waals surface area contributed by atoms with Crippen LogP contribution in [0, 0.1) is 6.92 Å². The van der Waals surface area contributed by atoms with Crippen molar-refractivity contribution in [3.8, 4) is 0 Å². The molecule has 2 saturated heterocycles. The maximum atomic E-state index is 4.50. The van der Waals surface area contributed by atoms with Crippen molar-refractivity contribution in [3.05, 3.63) is 15.9 Å². The van der Waals surface area contributed by atoms with E-state index in [1.807, 2.05) is 11.7 Å². The van der Waals surface area contributed by atoms with Crippen LogP contribution in [-0.4, -0.2) is 31.6 Å². The minimum absolute atomic E-state index is 0.725. The largest absolute Gasteiger partial charge is 0.292 e. The molecule has 3 nitrogen and oxygen atoms in total. The van der Waals surface area contributed by atoms with Gasteiger partial charge in [-0.1, -0.05) is 15.9 Å². The predicted octanol–water partition coefficient (Wildman–Crippen LogP) is 3.38. The van der Waals surface area contributed by atoms with E-state index in [9.17, 15) is 0 Å². The Hall–Kier alpha value is 0.130. The van der Waals surface area contributed by atoms with Gasteiger partial charge in [-0.3, -0.25) is 9.58 Å². The zero-order valence-corrected chi connectivity index (χ0v) is 14.0. The number of hydrogen-bond acceptors (Lipinski definition) is 2. The predicted molar refractivity (Wildman–Crippen MR) is 79.9 cm³/mol. The molecule has 2 unspecified atom stereocenters. The molecule has 0 amide bonds. The van der Waals surface area contributed by atoms with Gasteiger partial charge in [0.25, 0.3) is 0 Å². The molecule has 2 aliphatic heterocycles. The van der Waals surface area contributed by atoms with E-state index >= 15 is 0 Å². The maximum Gasteiger partial charge on any atom is 0.0739 e. The number of piperidine rings is 1. The Bertz CT molecular complexity index is 443. The Morgan fingerprint density at radius 1 is 1.28 bits per heavy atom. The Morgan fingerprint density at radius 3 is 2.39 bits per heavy atom. The topological polar surface area (TPSA) is 21.1 Å². The van der Waals surface area contributed by atoms with Crippen molar-refractivity contribution >= 4 is 31.9 Å². The zero-order valence-electron chi connectivity index (χ0n) is 10.9. The minimum atomic E-state index is 0.725. The molecule has 1 aromatic heterocycles. The van der Waals surface area contributed by atoms with Crippen LogP contribution in [0.5, 0.6) is 0 Å². The molecule has 0 aliphatic carbocycles. The molecule has 2 aliphatic rings. The molecule has 0 saturated carbocycles. The lowest BCUT2D eigenvalue weighted by Crippen LogP contribution is -2.42. The van der Waals surface area contributed by atoms with Gasteiger partial charge in [-0.2, -0.15) is 5.10 Å². The summed E-state index contributed by atoms with van der Waals surface area (Å²) in [4.78, 5) is 3.42. The van der Waals surface area contributed by atoms with Gasteiger partial charge in [0.15, 0.2) is 0 Å². The van der Waals surface area contributed by atoms with Crippen molar-refractivity contribution in [1.82, 2.24) is 14.7 Å². The number of halogens is 2. The van der Waals surface area contributed by atoms with Gasteiger partial charge in [0.2, 0.25) is 0 Å². The normalized spacial score (nSPS) is 32.1. The highest BCUT2D eigenvalue weighted by atomic mass is 79.9. The minimum Gasteiger partial charge on any atom is -0.292 e. The summed E-state index contributed by atoms with van der Waals surface area (Å²) in [5, 5.41) is 4.50. The summed E-state index contributed by atoms with van der Waals surface area (Å²) in [5.74, 6) is 0. The summed E-state index contributed by atoms with van der Waals surface area (Å²) < 4.78 is 3.21. The third-order valence-corrected chi connectivity index (χ3v) is 6.20. The van der Waals surface area contributed by atoms with Crippen molar-refractivity contribution in [1.29, 1.82) is 0 Å². The van der Waals surface area contributed by atoms with E-state index < -0.39 is 0 Å². The summed E-state index contributed by atoms with van der Waals surface area (Å²) in [6, 6.07) is 1.52. The first-order valence-electron chi connectivity index (χ1n) is 6.64. The lowest BCUT2D eigenvalue weighted by molar-refractivity contribution is 0.133. The maximum absolute atomic E-state index is 4.50. The van der Waals surface area contributed by atoms with E-state index in [0.29, 0.717) is 0 Å². The molecular formula is C13H19Br2N3. The van der Waals surface area contributed by atoms with Gasteiger partial charge in [0.05, 0.1) is 15.9 Å². The Morgan fingerprint density at radius 2 is 1.89 bits per heavy atom. The second kappa shape index (κ2) is 4.91. The molecule has 5 heteroatoms. The van der Waals surface area contributed by atoms with Gasteiger partial charge >= 0.3 is 0 Å². The van der Waals surface area contributed by atoms with Crippen molar-refractivity contribution in [2.24, 2.45) is 7.05 Å². The smallest absolute Gasteiger partial charge is 0.0739 e. The fraction of sp³-hybridized carbons (Fsp3) is 0.769. The number of alkyl halides is 1. The molecule has 0 radical (unpaired) electrons. The second-order valence-electron chi connectivity index (χ2n) is 5.60. The van der Waals surface area contributed by atoms with E-state index in [0.717, 1.165) is 29.1 Å². The molecule has 3 heterocycles. The summed E-state index contributed by atoms with van der Waals surface area (Å²) in [6.07, 6.45) is 5.32. The number of nitrogens with zero attached hydrogens (tertiary/aromatic N) is 3. The average molecular weight is 377 g/mol. The van der Waals surface area contributed by atoms with Crippen LogP contribution in [0.15, 0.2) is 4.47 Å². The average Bonchev–Trinajstić information content (AvgIpc) is 2.68. The highest BCUT2D eigenvalue weighted by Crippen LogP contribution is 2.39. The van der Waals surface area contributed by atoms with Crippen LogP contribution in [0.25, 0.3) is 0 Å². The monoisotopic (exact) mass is 375 g/mol. The highest BCUT2D eigenvalue weighted by Gasteiger charge is 2.40. The molecule has 2 fully saturated rings. The van der Waals surface area contributed by atoms with E-state index in [4.69, 9.17) is 0 Å². The Kier molecular flexibility index (Phi) is 3.58. The van der Waals surface area contributed by atoms with E-state index in [-0.39, 0.29) is 0 Å². The van der Waals surface area contributed by atoms with Crippen LogP contribution in [0.2, 0.25) is 0 Å². The number of hydrogen-bond donors (Lipinski definition) is 0. The molecule has 0 spiro atoms. The van der Waals surface area contributed by atoms with E-state index in [1.54, 1.807) is 0 Å². The van der Waals surface area contributed by atoms with Gasteiger partial charge in [0, 0.05) is 30.5 Å². The van der Waals surface area contributed by atoms with Gasteiger partial charge < -0.3 is 0 Å². The molecular weight excluding hydrogens is 358 g/mol. The van der Waals surface area contributed by atoms with E-state index in [1.165, 1.54) is 35.8 Å². The third kappa shape index (κ3) is 2.18. The molecule has 3 rings (SSSR count). The highest BCUT2D eigenvalue weighted by molar-refractivity contribution is 9.10. The number of rotatable bonds is 2. The quantitative estimate of drug-likeness (QED) is 0.737. The summed E-state index contributed by atoms with van der Waals surface area (Å²) in [5.41, 5.74) is 2.41. The molecule has 0 N–H and O–H groups in total. The molecule has 2 atom stereocenters. The van der Waals surface area contributed by atoms with Crippen LogP contribution < -0.4 is 0 Å². The first kappa shape index (κ1) is 13.1. The van der Waals surface area contributed by atoms with Crippen molar-refractivity contribution in [3.63, 3.8) is 0 Å². The fourth-order valence-electron chi connectivity index (χ4n) is 3.49. The van der Waals surface area contributed by atoms with Crippen LogP contribution in [-0.2, 0) is 13.6 Å². The molecule has 100 valence electrons. The molecule has 18 heavy (non-hydrogen) atoms. The van der Waals surface area contributed by atoms with E-state index in [2.05, 4.69) is 48.8 Å².